The summed E-state index contributed by atoms with van der Waals surface area (Å²) in [6, 6.07) is 6.58. The standard InChI is InChI=1S/C20H17F2N3O4S/c1-24(30(2,28)29)18-11-5-4-8-23-17(11)19(26)16-13(18)10-25(20(16)27)9-12-14(21)6-3-7-15(12)22/h3-8,10,26-27H,9H2,1-2H3. The first-order valence-electron chi connectivity index (χ1n) is 8.79. The van der Waals surface area contributed by atoms with Crippen LogP contribution in [0.25, 0.3) is 21.7 Å². The molecular weight excluding hydrogens is 416 g/mol. The van der Waals surface area contributed by atoms with E-state index >= 15 is 0 Å². The first-order valence-corrected chi connectivity index (χ1v) is 10.6. The van der Waals surface area contributed by atoms with Gasteiger partial charge in [0.05, 0.1) is 23.9 Å². The summed E-state index contributed by atoms with van der Waals surface area (Å²) in [5, 5.41) is 21.9. The minimum Gasteiger partial charge on any atom is -0.505 e. The van der Waals surface area contributed by atoms with Crippen molar-refractivity contribution in [3.63, 3.8) is 0 Å². The minimum absolute atomic E-state index is 0.0663. The summed E-state index contributed by atoms with van der Waals surface area (Å²) >= 11 is 0. The molecule has 7 nitrogen and oxygen atoms in total. The van der Waals surface area contributed by atoms with E-state index in [1.54, 1.807) is 12.1 Å². The van der Waals surface area contributed by atoms with Crippen LogP contribution < -0.4 is 4.31 Å². The van der Waals surface area contributed by atoms with Gasteiger partial charge >= 0.3 is 0 Å². The fraction of sp³-hybridized carbons (Fsp3) is 0.150. The highest BCUT2D eigenvalue weighted by Gasteiger charge is 2.26. The number of phenols is 1. The number of fused-ring (bicyclic) bond motifs is 2. The van der Waals surface area contributed by atoms with Crippen LogP contribution in [0.3, 0.4) is 0 Å². The number of sulfonamides is 1. The Hall–Kier alpha value is -3.40. The number of rotatable bonds is 4. The summed E-state index contributed by atoms with van der Waals surface area (Å²) in [4.78, 5) is 4.11. The van der Waals surface area contributed by atoms with Crippen LogP contribution >= 0.6 is 0 Å². The van der Waals surface area contributed by atoms with Gasteiger partial charge in [-0.1, -0.05) is 6.07 Å². The Kier molecular flexibility index (Phi) is 4.53. The third-order valence-electron chi connectivity index (χ3n) is 5.03. The van der Waals surface area contributed by atoms with Crippen LogP contribution in [0.2, 0.25) is 0 Å². The van der Waals surface area contributed by atoms with Crippen molar-refractivity contribution >= 4 is 37.4 Å². The van der Waals surface area contributed by atoms with Gasteiger partial charge in [0, 0.05) is 35.8 Å². The number of hydrogen-bond donors (Lipinski definition) is 2. The molecule has 0 spiro atoms. The predicted octanol–water partition coefficient (Wildman–Crippen LogP) is 3.32. The molecule has 0 aliphatic carbocycles. The Labute approximate surface area is 170 Å². The molecule has 0 saturated heterocycles. The maximum atomic E-state index is 14.1. The summed E-state index contributed by atoms with van der Waals surface area (Å²) in [5.41, 5.74) is -0.0228. The van der Waals surface area contributed by atoms with Crippen LogP contribution in [0.1, 0.15) is 5.56 Å². The van der Waals surface area contributed by atoms with Gasteiger partial charge in [-0.25, -0.2) is 17.2 Å². The average molecular weight is 433 g/mol. The zero-order valence-electron chi connectivity index (χ0n) is 16.0. The number of benzene rings is 2. The smallest absolute Gasteiger partial charge is 0.232 e. The van der Waals surface area contributed by atoms with Crippen molar-refractivity contribution in [3.8, 4) is 11.6 Å². The van der Waals surface area contributed by atoms with Crippen LogP contribution in [0.4, 0.5) is 14.5 Å². The molecule has 0 unspecified atom stereocenters. The van der Waals surface area contributed by atoms with Crippen molar-refractivity contribution in [2.45, 2.75) is 6.54 Å². The van der Waals surface area contributed by atoms with E-state index < -0.39 is 27.5 Å². The third kappa shape index (κ3) is 3.00. The summed E-state index contributed by atoms with van der Waals surface area (Å²) < 4.78 is 54.9. The van der Waals surface area contributed by atoms with Crippen molar-refractivity contribution in [2.24, 2.45) is 0 Å². The highest BCUT2D eigenvalue weighted by atomic mass is 32.2. The molecule has 0 aliphatic heterocycles. The number of hydrogen-bond acceptors (Lipinski definition) is 5. The molecule has 30 heavy (non-hydrogen) atoms. The van der Waals surface area contributed by atoms with Gasteiger partial charge in [-0.2, -0.15) is 0 Å². The molecule has 0 atom stereocenters. The number of pyridine rings is 1. The van der Waals surface area contributed by atoms with Gasteiger partial charge in [-0.3, -0.25) is 9.29 Å². The molecule has 0 radical (unpaired) electrons. The van der Waals surface area contributed by atoms with Crippen LogP contribution in [0.15, 0.2) is 42.7 Å². The van der Waals surface area contributed by atoms with Gasteiger partial charge in [0.25, 0.3) is 0 Å². The molecule has 2 aromatic carbocycles. The molecule has 2 N–H and O–H groups in total. The lowest BCUT2D eigenvalue weighted by Crippen LogP contribution is -2.25. The second-order valence-electron chi connectivity index (χ2n) is 6.90. The Balaban J connectivity index is 2.07. The number of anilines is 1. The fourth-order valence-corrected chi connectivity index (χ4v) is 4.01. The first-order chi connectivity index (χ1) is 14.1. The Morgan fingerprint density at radius 3 is 2.40 bits per heavy atom. The monoisotopic (exact) mass is 433 g/mol. The first kappa shape index (κ1) is 19.9. The molecule has 0 saturated carbocycles. The molecule has 0 bridgehead atoms. The van der Waals surface area contributed by atoms with Gasteiger partial charge < -0.3 is 14.8 Å². The van der Waals surface area contributed by atoms with Gasteiger partial charge in [-0.05, 0) is 24.3 Å². The lowest BCUT2D eigenvalue weighted by atomic mass is 10.1. The van der Waals surface area contributed by atoms with Gasteiger partial charge in [0.1, 0.15) is 17.2 Å². The number of nitrogens with zero attached hydrogens (tertiary/aromatic N) is 3. The van der Waals surface area contributed by atoms with E-state index in [2.05, 4.69) is 4.98 Å². The number of aromatic hydroxyl groups is 2. The zero-order valence-corrected chi connectivity index (χ0v) is 16.8. The van der Waals surface area contributed by atoms with Crippen LogP contribution in [-0.4, -0.2) is 41.5 Å². The Morgan fingerprint density at radius 1 is 1.10 bits per heavy atom. The van der Waals surface area contributed by atoms with Gasteiger partial charge in [0.2, 0.25) is 15.9 Å². The molecular formula is C20H17F2N3O4S. The van der Waals surface area contributed by atoms with E-state index in [0.717, 1.165) is 27.3 Å². The number of halogens is 2. The highest BCUT2D eigenvalue weighted by Crippen LogP contribution is 2.46. The largest absolute Gasteiger partial charge is 0.505 e. The van der Waals surface area contributed by atoms with Gasteiger partial charge in [0.15, 0.2) is 5.75 Å². The highest BCUT2D eigenvalue weighted by molar-refractivity contribution is 7.92. The summed E-state index contributed by atoms with van der Waals surface area (Å²) in [5.74, 6) is -2.43. The van der Waals surface area contributed by atoms with Crippen molar-refractivity contribution < 1.29 is 27.4 Å². The summed E-state index contributed by atoms with van der Waals surface area (Å²) in [6.07, 6.45) is 3.78. The van der Waals surface area contributed by atoms with Crippen LogP contribution in [-0.2, 0) is 16.6 Å². The maximum absolute atomic E-state index is 14.1. The molecule has 2 aromatic heterocycles. The zero-order chi connectivity index (χ0) is 21.8. The van der Waals surface area contributed by atoms with E-state index in [1.807, 2.05) is 0 Å². The maximum Gasteiger partial charge on any atom is 0.232 e. The lowest BCUT2D eigenvalue weighted by Gasteiger charge is -2.20. The normalized spacial score (nSPS) is 12.0. The number of aromatic nitrogens is 2. The topological polar surface area (TPSA) is 95.7 Å². The van der Waals surface area contributed by atoms with Gasteiger partial charge in [-0.15, -0.1) is 0 Å². The molecule has 156 valence electrons. The molecule has 10 heteroatoms. The van der Waals surface area contributed by atoms with Crippen molar-refractivity contribution in [2.75, 3.05) is 17.6 Å². The Morgan fingerprint density at radius 2 is 1.77 bits per heavy atom. The third-order valence-corrected chi connectivity index (χ3v) is 6.21. The molecule has 4 aromatic rings. The van der Waals surface area contributed by atoms with E-state index in [9.17, 15) is 27.4 Å². The van der Waals surface area contributed by atoms with E-state index in [0.29, 0.717) is 5.39 Å². The molecule has 0 fully saturated rings. The summed E-state index contributed by atoms with van der Waals surface area (Å²) in [7, 11) is -2.38. The molecule has 0 amide bonds. The second kappa shape index (κ2) is 6.84. The predicted molar refractivity (Wildman–Crippen MR) is 109 cm³/mol. The van der Waals surface area contributed by atoms with Crippen molar-refractivity contribution in [1.29, 1.82) is 0 Å². The SMILES string of the molecule is CN(c1c2cccnc2c(O)c2c(O)n(Cc3c(F)cccc3F)cc12)S(C)(=O)=O. The second-order valence-corrected chi connectivity index (χ2v) is 8.91. The van der Waals surface area contributed by atoms with Crippen LogP contribution in [0, 0.1) is 11.6 Å². The quantitative estimate of drug-likeness (QED) is 0.515. The minimum atomic E-state index is -3.71. The van der Waals surface area contributed by atoms with Crippen LogP contribution in [0.5, 0.6) is 11.6 Å². The summed E-state index contributed by atoms with van der Waals surface area (Å²) in [6.45, 7) is -0.371. The van der Waals surface area contributed by atoms with E-state index in [1.165, 1.54) is 25.5 Å². The fourth-order valence-electron chi connectivity index (χ4n) is 3.49. The van der Waals surface area contributed by atoms with Crippen molar-refractivity contribution in [1.82, 2.24) is 9.55 Å². The molecule has 4 rings (SSSR count). The molecule has 0 aliphatic rings. The molecule has 2 heterocycles. The van der Waals surface area contributed by atoms with E-state index in [-0.39, 0.29) is 39.8 Å². The Bertz CT molecular complexity index is 1400. The van der Waals surface area contributed by atoms with E-state index in [4.69, 9.17) is 0 Å². The van der Waals surface area contributed by atoms with Crippen molar-refractivity contribution in [3.05, 3.63) is 59.9 Å². The lowest BCUT2D eigenvalue weighted by molar-refractivity contribution is 0.421. The average Bonchev–Trinajstić information content (AvgIpc) is 3.00. The number of phenolic OH excluding ortho intramolecular Hbond substituents is 1.